The maximum atomic E-state index is 12.2. The van der Waals surface area contributed by atoms with Crippen LogP contribution in [0, 0.1) is 0 Å². The highest BCUT2D eigenvalue weighted by Gasteiger charge is 2.29. The number of ketones is 1. The van der Waals surface area contributed by atoms with E-state index < -0.39 is 10.3 Å². The fourth-order valence-electron chi connectivity index (χ4n) is 1.13. The number of Topliss-reactive ketones (excluding diaryl/α,β-unsaturated/α-hetero) is 1. The van der Waals surface area contributed by atoms with Gasteiger partial charge < -0.3 is 0 Å². The molecule has 0 aliphatic heterocycles. The summed E-state index contributed by atoms with van der Waals surface area (Å²) >= 11 is 5.94. The molecular weight excluding hydrogens is 385 g/mol. The van der Waals surface area contributed by atoms with Gasteiger partial charge in [-0.2, -0.15) is 13.2 Å². The summed E-state index contributed by atoms with van der Waals surface area (Å²) in [6.45, 7) is 1.62. The van der Waals surface area contributed by atoms with Crippen LogP contribution in [0.25, 0.3) is 0 Å². The maximum absolute atomic E-state index is 12.2. The molecule has 1 aromatic rings. The standard InChI is InChI=1S/C10H7Br2F3OS/c1-5(11)9(16)6-2-7(12)4-8(3-6)17-10(13,14)15/h2-5H,1H3. The molecule has 0 aromatic heterocycles. The number of alkyl halides is 4. The van der Waals surface area contributed by atoms with Crippen LogP contribution in [0.2, 0.25) is 0 Å². The van der Waals surface area contributed by atoms with Gasteiger partial charge in [0, 0.05) is 14.9 Å². The van der Waals surface area contributed by atoms with Gasteiger partial charge in [-0.15, -0.1) is 0 Å². The summed E-state index contributed by atoms with van der Waals surface area (Å²) in [5, 5.41) is 0. The van der Waals surface area contributed by atoms with Crippen molar-refractivity contribution in [3.05, 3.63) is 28.2 Å². The first-order valence-electron chi connectivity index (χ1n) is 4.43. The lowest BCUT2D eigenvalue weighted by Gasteiger charge is -2.09. The third-order valence-electron chi connectivity index (χ3n) is 1.75. The molecule has 0 spiro atoms. The van der Waals surface area contributed by atoms with Gasteiger partial charge in [0.15, 0.2) is 5.78 Å². The summed E-state index contributed by atoms with van der Waals surface area (Å²) in [5.41, 5.74) is -4.11. The van der Waals surface area contributed by atoms with Crippen LogP contribution < -0.4 is 0 Å². The van der Waals surface area contributed by atoms with Crippen LogP contribution in [0.3, 0.4) is 0 Å². The van der Waals surface area contributed by atoms with Gasteiger partial charge in [0.2, 0.25) is 0 Å². The SMILES string of the molecule is CC(Br)C(=O)c1cc(Br)cc(SC(F)(F)F)c1. The Morgan fingerprint density at radius 3 is 2.41 bits per heavy atom. The average molecular weight is 392 g/mol. The molecule has 0 saturated heterocycles. The molecule has 0 radical (unpaired) electrons. The van der Waals surface area contributed by atoms with Gasteiger partial charge in [-0.1, -0.05) is 31.9 Å². The van der Waals surface area contributed by atoms with Crippen molar-refractivity contribution in [3.63, 3.8) is 0 Å². The number of rotatable bonds is 3. The van der Waals surface area contributed by atoms with Crippen LogP contribution >= 0.6 is 43.6 Å². The quantitative estimate of drug-likeness (QED) is 0.408. The van der Waals surface area contributed by atoms with Gasteiger partial charge in [0.1, 0.15) is 0 Å². The molecule has 1 aromatic carbocycles. The first-order valence-corrected chi connectivity index (χ1v) is 6.96. The summed E-state index contributed by atoms with van der Waals surface area (Å²) in [4.78, 5) is 11.2. The van der Waals surface area contributed by atoms with Crippen molar-refractivity contribution in [3.8, 4) is 0 Å². The highest BCUT2D eigenvalue weighted by molar-refractivity contribution is 9.10. The molecule has 0 heterocycles. The first kappa shape index (κ1) is 15.0. The number of benzene rings is 1. The molecule has 0 amide bonds. The molecule has 0 aliphatic carbocycles. The van der Waals surface area contributed by atoms with Crippen LogP contribution in [0.4, 0.5) is 13.2 Å². The lowest BCUT2D eigenvalue weighted by atomic mass is 10.1. The predicted octanol–water partition coefficient (Wildman–Crippen LogP) is 5.03. The molecule has 17 heavy (non-hydrogen) atoms. The molecule has 1 nitrogen and oxygen atoms in total. The average Bonchev–Trinajstić information content (AvgIpc) is 2.12. The highest BCUT2D eigenvalue weighted by atomic mass is 79.9. The predicted molar refractivity (Wildman–Crippen MR) is 68.8 cm³/mol. The van der Waals surface area contributed by atoms with E-state index in [-0.39, 0.29) is 28.0 Å². The Morgan fingerprint density at radius 1 is 1.35 bits per heavy atom. The van der Waals surface area contributed by atoms with Crippen LogP contribution in [0.15, 0.2) is 27.6 Å². The Hall–Kier alpha value is -0.0100. The summed E-state index contributed by atoms with van der Waals surface area (Å²) in [6, 6.07) is 4.07. The van der Waals surface area contributed by atoms with Crippen molar-refractivity contribution < 1.29 is 18.0 Å². The van der Waals surface area contributed by atoms with Gasteiger partial charge in [0.25, 0.3) is 0 Å². The highest BCUT2D eigenvalue weighted by Crippen LogP contribution is 2.38. The molecule has 0 saturated carbocycles. The molecule has 94 valence electrons. The van der Waals surface area contributed by atoms with Crippen molar-refractivity contribution in [2.75, 3.05) is 0 Å². The Labute approximate surface area is 117 Å². The minimum atomic E-state index is -4.36. The number of hydrogen-bond donors (Lipinski definition) is 0. The Bertz CT molecular complexity index is 432. The second-order valence-electron chi connectivity index (χ2n) is 3.20. The van der Waals surface area contributed by atoms with Crippen molar-refractivity contribution in [2.24, 2.45) is 0 Å². The summed E-state index contributed by atoms with van der Waals surface area (Å²) in [7, 11) is 0. The van der Waals surface area contributed by atoms with Gasteiger partial charge >= 0.3 is 5.51 Å². The van der Waals surface area contributed by atoms with Crippen molar-refractivity contribution in [1.29, 1.82) is 0 Å². The summed E-state index contributed by atoms with van der Waals surface area (Å²) in [6.07, 6.45) is 0. The van der Waals surface area contributed by atoms with Crippen LogP contribution in [0.1, 0.15) is 17.3 Å². The molecule has 7 heteroatoms. The summed E-state index contributed by atoms with van der Waals surface area (Å²) < 4.78 is 37.1. The van der Waals surface area contributed by atoms with Crippen molar-refractivity contribution in [2.45, 2.75) is 22.2 Å². The minimum Gasteiger partial charge on any atom is -0.293 e. The molecule has 0 fully saturated rings. The normalized spacial score (nSPS) is 13.5. The lowest BCUT2D eigenvalue weighted by molar-refractivity contribution is -0.0328. The third-order valence-corrected chi connectivity index (χ3v) is 3.33. The van der Waals surface area contributed by atoms with E-state index in [1.165, 1.54) is 18.2 Å². The zero-order valence-electron chi connectivity index (χ0n) is 8.52. The minimum absolute atomic E-state index is 0.0108. The topological polar surface area (TPSA) is 17.1 Å². The fourth-order valence-corrected chi connectivity index (χ4v) is 2.68. The van der Waals surface area contributed by atoms with Crippen LogP contribution in [-0.2, 0) is 0 Å². The van der Waals surface area contributed by atoms with E-state index in [1.807, 2.05) is 0 Å². The maximum Gasteiger partial charge on any atom is 0.446 e. The first-order chi connectivity index (χ1) is 7.69. The Kier molecular flexibility index (Phi) is 5.09. The van der Waals surface area contributed by atoms with Crippen molar-refractivity contribution in [1.82, 2.24) is 0 Å². The number of hydrogen-bond acceptors (Lipinski definition) is 2. The van der Waals surface area contributed by atoms with E-state index in [2.05, 4.69) is 31.9 Å². The van der Waals surface area contributed by atoms with E-state index in [0.29, 0.717) is 4.47 Å². The zero-order chi connectivity index (χ0) is 13.2. The number of carbonyl (C=O) groups is 1. The second kappa shape index (κ2) is 5.75. The smallest absolute Gasteiger partial charge is 0.293 e. The van der Waals surface area contributed by atoms with E-state index >= 15 is 0 Å². The van der Waals surface area contributed by atoms with Gasteiger partial charge in [-0.3, -0.25) is 4.79 Å². The molecule has 0 N–H and O–H groups in total. The largest absolute Gasteiger partial charge is 0.446 e. The summed E-state index contributed by atoms with van der Waals surface area (Å²) in [5.74, 6) is -0.254. The number of thioether (sulfide) groups is 1. The van der Waals surface area contributed by atoms with Gasteiger partial charge in [0.05, 0.1) is 4.83 Å². The molecule has 1 atom stereocenters. The number of carbonyl (C=O) groups excluding carboxylic acids is 1. The molecular formula is C10H7Br2F3OS. The molecule has 1 unspecified atom stereocenters. The fraction of sp³-hybridized carbons (Fsp3) is 0.300. The van der Waals surface area contributed by atoms with Crippen molar-refractivity contribution >= 4 is 49.4 Å². The van der Waals surface area contributed by atoms with Gasteiger partial charge in [-0.05, 0) is 36.9 Å². The Balaban J connectivity index is 3.07. The lowest BCUT2D eigenvalue weighted by Crippen LogP contribution is -2.10. The third kappa shape index (κ3) is 5.01. The zero-order valence-corrected chi connectivity index (χ0v) is 12.5. The van der Waals surface area contributed by atoms with E-state index in [0.717, 1.165) is 0 Å². The second-order valence-corrected chi connectivity index (χ2v) is 6.63. The van der Waals surface area contributed by atoms with Gasteiger partial charge in [-0.25, -0.2) is 0 Å². The van der Waals surface area contributed by atoms with E-state index in [4.69, 9.17) is 0 Å². The molecule has 0 aliphatic rings. The van der Waals surface area contributed by atoms with E-state index in [9.17, 15) is 18.0 Å². The monoisotopic (exact) mass is 390 g/mol. The molecule has 1 rings (SSSR count). The molecule has 0 bridgehead atoms. The van der Waals surface area contributed by atoms with Crippen LogP contribution in [0.5, 0.6) is 0 Å². The number of halogens is 5. The van der Waals surface area contributed by atoms with Crippen LogP contribution in [-0.4, -0.2) is 16.1 Å². The van der Waals surface area contributed by atoms with E-state index in [1.54, 1.807) is 6.92 Å². The Morgan fingerprint density at radius 2 is 1.94 bits per heavy atom.